The second-order valence-corrected chi connectivity index (χ2v) is 30.2. The SMILES string of the molecule is CCCCCCCCCCc1c(C)sc2c1S(=O)(=O)c1c-2sc(C)c1CCCCCCCCCC.CCCCCCCCCCc1c(C)sc2c1sc1c3sc(C)c(CCCCCCCCCC)c3sc21. The van der Waals surface area contributed by atoms with Crippen molar-refractivity contribution in [1.82, 2.24) is 0 Å². The van der Waals surface area contributed by atoms with Crippen molar-refractivity contribution in [3.8, 4) is 9.75 Å². The minimum absolute atomic E-state index is 0.682. The van der Waals surface area contributed by atoms with E-state index in [0.29, 0.717) is 9.79 Å². The molecule has 0 N–H and O–H groups in total. The van der Waals surface area contributed by atoms with E-state index in [4.69, 9.17) is 0 Å². The lowest BCUT2D eigenvalue weighted by atomic mass is 10.0. The minimum atomic E-state index is -3.38. The number of unbranched alkanes of at least 4 members (excludes halogenated alkanes) is 28. The molecule has 0 saturated heterocycles. The zero-order valence-electron chi connectivity index (χ0n) is 46.1. The number of hydrogen-bond acceptors (Lipinski definition) is 8. The number of thiophene rings is 6. The summed E-state index contributed by atoms with van der Waals surface area (Å²) in [6.07, 6.45) is 47.4. The molecule has 7 heterocycles. The van der Waals surface area contributed by atoms with Gasteiger partial charge in [0.05, 0.1) is 47.7 Å². The maximum atomic E-state index is 13.8. The number of fused-ring (bicyclic) bond motifs is 8. The quantitative estimate of drug-likeness (QED) is 0.0367. The maximum absolute atomic E-state index is 13.8. The monoisotopic (exact) mass is 1100 g/mol. The topological polar surface area (TPSA) is 34.1 Å². The zero-order valence-corrected chi connectivity index (χ0v) is 51.8. The van der Waals surface area contributed by atoms with Crippen molar-refractivity contribution >= 4 is 106 Å². The Morgan fingerprint density at radius 2 is 0.493 bits per heavy atom. The lowest BCUT2D eigenvalue weighted by Crippen LogP contribution is -2.04. The van der Waals surface area contributed by atoms with Crippen LogP contribution in [0, 0.1) is 27.7 Å². The summed E-state index contributed by atoms with van der Waals surface area (Å²) in [6.45, 7) is 18.1. The lowest BCUT2D eigenvalue weighted by Gasteiger charge is -2.08. The third kappa shape index (κ3) is 16.0. The highest BCUT2D eigenvalue weighted by molar-refractivity contribution is 7.92. The molecule has 6 aromatic heterocycles. The molecule has 0 unspecified atom stereocenters. The molecule has 9 heteroatoms. The van der Waals surface area contributed by atoms with Crippen molar-refractivity contribution in [3.05, 3.63) is 41.8 Å². The van der Waals surface area contributed by atoms with Crippen molar-refractivity contribution in [2.24, 2.45) is 0 Å². The van der Waals surface area contributed by atoms with Crippen molar-refractivity contribution in [2.45, 2.75) is 296 Å². The molecule has 0 atom stereocenters. The summed E-state index contributed by atoms with van der Waals surface area (Å²) in [7, 11) is -3.38. The van der Waals surface area contributed by atoms with Crippen LogP contribution in [0.2, 0.25) is 0 Å². The smallest absolute Gasteiger partial charge is 0.210 e. The van der Waals surface area contributed by atoms with Crippen LogP contribution in [0.5, 0.6) is 0 Å². The summed E-state index contributed by atoms with van der Waals surface area (Å²) in [4.78, 5) is 9.03. The van der Waals surface area contributed by atoms with E-state index < -0.39 is 9.84 Å². The van der Waals surface area contributed by atoms with E-state index in [0.717, 1.165) is 46.6 Å². The largest absolute Gasteiger partial charge is 0.218 e. The number of aryl methyl sites for hydroxylation is 6. The zero-order chi connectivity index (χ0) is 50.6. The van der Waals surface area contributed by atoms with E-state index >= 15 is 0 Å². The molecule has 398 valence electrons. The van der Waals surface area contributed by atoms with E-state index in [2.05, 4.69) is 101 Å². The van der Waals surface area contributed by atoms with Gasteiger partial charge < -0.3 is 0 Å². The average Bonchev–Trinajstić information content (AvgIpc) is 4.20. The van der Waals surface area contributed by atoms with Gasteiger partial charge in [0.2, 0.25) is 9.84 Å². The number of sulfone groups is 1. The van der Waals surface area contributed by atoms with E-state index in [1.54, 1.807) is 71.8 Å². The Kier molecular flexibility index (Phi) is 26.0. The average molecular weight is 1100 g/mol. The summed E-state index contributed by atoms with van der Waals surface area (Å²) in [5, 5.41) is 0. The van der Waals surface area contributed by atoms with Gasteiger partial charge in [-0.05, 0) is 101 Å². The third-order valence-corrected chi connectivity index (χ3v) is 25.7. The molecule has 0 radical (unpaired) electrons. The Morgan fingerprint density at radius 1 is 0.268 bits per heavy atom. The van der Waals surface area contributed by atoms with Crippen molar-refractivity contribution < 1.29 is 8.42 Å². The van der Waals surface area contributed by atoms with E-state index in [1.165, 1.54) is 215 Å². The van der Waals surface area contributed by atoms with Gasteiger partial charge in [0.15, 0.2) is 0 Å². The van der Waals surface area contributed by atoms with Gasteiger partial charge >= 0.3 is 0 Å². The summed E-state index contributed by atoms with van der Waals surface area (Å²) in [5.74, 6) is 0. The van der Waals surface area contributed by atoms with Crippen LogP contribution in [-0.2, 0) is 35.5 Å². The summed E-state index contributed by atoms with van der Waals surface area (Å²) in [5.41, 5.74) is 5.59. The molecule has 71 heavy (non-hydrogen) atoms. The van der Waals surface area contributed by atoms with Gasteiger partial charge in [-0.2, -0.15) is 0 Å². The number of hydrogen-bond donors (Lipinski definition) is 0. The summed E-state index contributed by atoms with van der Waals surface area (Å²) < 4.78 is 37.3. The fraction of sp³-hybridized carbons (Fsp3) is 0.710. The van der Waals surface area contributed by atoms with Gasteiger partial charge in [-0.25, -0.2) is 8.42 Å². The maximum Gasteiger partial charge on any atom is 0.210 e. The van der Waals surface area contributed by atoms with Crippen LogP contribution in [-0.4, -0.2) is 8.42 Å². The molecular formula is C62H96O2S7. The first-order chi connectivity index (χ1) is 34.6. The first-order valence-electron chi connectivity index (χ1n) is 29.4. The highest BCUT2D eigenvalue weighted by Gasteiger charge is 2.42. The normalized spacial score (nSPS) is 13.1. The predicted octanol–water partition coefficient (Wildman–Crippen LogP) is 24.0. The molecule has 2 nitrogen and oxygen atoms in total. The summed E-state index contributed by atoms with van der Waals surface area (Å²) >= 11 is 11.8. The van der Waals surface area contributed by atoms with Crippen LogP contribution in [0.1, 0.15) is 275 Å². The van der Waals surface area contributed by atoms with Gasteiger partial charge in [-0.1, -0.05) is 207 Å². The molecule has 7 rings (SSSR count). The Bertz CT molecular complexity index is 2410. The highest BCUT2D eigenvalue weighted by Crippen LogP contribution is 2.56. The minimum Gasteiger partial charge on any atom is -0.218 e. The van der Waals surface area contributed by atoms with Gasteiger partial charge in [0, 0.05) is 19.5 Å². The van der Waals surface area contributed by atoms with Gasteiger partial charge in [-0.15, -0.1) is 68.0 Å². The van der Waals surface area contributed by atoms with Crippen molar-refractivity contribution in [1.29, 1.82) is 0 Å². The predicted molar refractivity (Wildman–Crippen MR) is 328 cm³/mol. The molecule has 0 aliphatic carbocycles. The third-order valence-electron chi connectivity index (χ3n) is 15.5. The standard InChI is InChI=1S/C32H48S4.C30H48O2S3/c1-5-7-9-11-13-15-17-19-21-25-23(3)33-29-27(25)35-32-30-28(36-31(29)32)26(24(4)34-30)22-20-18-16-14-12-10-8-6-2;1-5-7-9-11-13-15-17-19-21-25-23(3)33-27-28-30(35(31,32)29(25)27)26(24(4)34-28)22-20-18-16-14-12-10-8-6-2/h5-22H2,1-4H3;5-22H2,1-4H3. The Labute approximate surface area is 458 Å². The Morgan fingerprint density at radius 3 is 0.775 bits per heavy atom. The van der Waals surface area contributed by atoms with Crippen LogP contribution in [0.4, 0.5) is 0 Å². The molecule has 0 aromatic carbocycles. The fourth-order valence-electron chi connectivity index (χ4n) is 11.2. The fourth-order valence-corrected chi connectivity index (χ4v) is 22.8. The van der Waals surface area contributed by atoms with Gasteiger partial charge in [0.1, 0.15) is 0 Å². The van der Waals surface area contributed by atoms with Gasteiger partial charge in [-0.3, -0.25) is 0 Å². The molecule has 0 bridgehead atoms. The van der Waals surface area contributed by atoms with Crippen LogP contribution < -0.4 is 0 Å². The van der Waals surface area contributed by atoms with Crippen LogP contribution >= 0.6 is 68.0 Å². The van der Waals surface area contributed by atoms with Gasteiger partial charge in [0.25, 0.3) is 0 Å². The first kappa shape index (κ1) is 59.2. The first-order valence-corrected chi connectivity index (χ1v) is 35.8. The molecule has 1 aliphatic heterocycles. The Balaban J connectivity index is 0.000000233. The van der Waals surface area contributed by atoms with Crippen molar-refractivity contribution in [2.75, 3.05) is 0 Å². The Hall–Kier alpha value is -1.07. The number of rotatable bonds is 36. The van der Waals surface area contributed by atoms with Crippen molar-refractivity contribution in [3.63, 3.8) is 0 Å². The second kappa shape index (κ2) is 31.2. The van der Waals surface area contributed by atoms with Crippen LogP contribution in [0.15, 0.2) is 9.79 Å². The van der Waals surface area contributed by atoms with E-state index in [9.17, 15) is 8.42 Å². The van der Waals surface area contributed by atoms with Crippen LogP contribution in [0.3, 0.4) is 0 Å². The molecule has 0 spiro atoms. The molecule has 0 fully saturated rings. The molecule has 0 amide bonds. The molecule has 6 aromatic rings. The van der Waals surface area contributed by atoms with Crippen LogP contribution in [0.25, 0.3) is 38.0 Å². The lowest BCUT2D eigenvalue weighted by molar-refractivity contribution is 0.572. The second-order valence-electron chi connectivity index (χ2n) is 21.4. The molecule has 1 aliphatic rings. The summed E-state index contributed by atoms with van der Waals surface area (Å²) in [6, 6.07) is 0. The van der Waals surface area contributed by atoms with E-state index in [1.807, 2.05) is 0 Å². The highest BCUT2D eigenvalue weighted by atomic mass is 32.2. The van der Waals surface area contributed by atoms with E-state index in [-0.39, 0.29) is 0 Å². The molecule has 0 saturated carbocycles. The molecular weight excluding hydrogens is 1000 g/mol.